The van der Waals surface area contributed by atoms with E-state index in [4.69, 9.17) is 5.73 Å². The van der Waals surface area contributed by atoms with Crippen molar-refractivity contribution in [3.8, 4) is 0 Å². The van der Waals surface area contributed by atoms with Gasteiger partial charge in [0, 0.05) is 24.2 Å². The third-order valence-electron chi connectivity index (χ3n) is 4.60. The van der Waals surface area contributed by atoms with Crippen LogP contribution >= 0.6 is 11.3 Å². The van der Waals surface area contributed by atoms with Gasteiger partial charge in [-0.25, -0.2) is 4.98 Å². The summed E-state index contributed by atoms with van der Waals surface area (Å²) in [5, 5.41) is 6.35. The quantitative estimate of drug-likeness (QED) is 0.874. The van der Waals surface area contributed by atoms with E-state index in [9.17, 15) is 4.79 Å². The number of rotatable bonds is 5. The van der Waals surface area contributed by atoms with Gasteiger partial charge in [-0.1, -0.05) is 6.07 Å². The molecule has 2 aromatic rings. The monoisotopic (exact) mass is 344 g/mol. The number of nitrogens with one attached hydrogen (secondary N) is 1. The van der Waals surface area contributed by atoms with Gasteiger partial charge in [-0.2, -0.15) is 0 Å². The van der Waals surface area contributed by atoms with E-state index >= 15 is 0 Å². The lowest BCUT2D eigenvalue weighted by Gasteiger charge is -2.30. The number of nitrogens with zero attached hydrogens (tertiary/aromatic N) is 2. The SMILES string of the molecule is Cc1ccc(Nc2nc(CN3CCC[C@@H](C(N)=O)C3)cs2)cc1C. The molecule has 1 atom stereocenters. The summed E-state index contributed by atoms with van der Waals surface area (Å²) < 4.78 is 0. The van der Waals surface area contributed by atoms with Crippen molar-refractivity contribution < 1.29 is 4.79 Å². The number of likely N-dealkylation sites (tertiary alicyclic amines) is 1. The second-order valence-corrected chi connectivity index (χ2v) is 7.40. The number of primary amides is 1. The number of anilines is 2. The van der Waals surface area contributed by atoms with Gasteiger partial charge in [0.25, 0.3) is 0 Å². The largest absolute Gasteiger partial charge is 0.369 e. The zero-order valence-corrected chi connectivity index (χ0v) is 15.0. The number of nitrogens with two attached hydrogens (primary N) is 1. The molecule has 1 aliphatic heterocycles. The van der Waals surface area contributed by atoms with Crippen LogP contribution in [0.5, 0.6) is 0 Å². The smallest absolute Gasteiger partial charge is 0.221 e. The van der Waals surface area contributed by atoms with Crippen LogP contribution in [-0.4, -0.2) is 28.9 Å². The van der Waals surface area contributed by atoms with Crippen molar-refractivity contribution >= 4 is 28.1 Å². The molecular weight excluding hydrogens is 320 g/mol. The predicted molar refractivity (Wildman–Crippen MR) is 98.5 cm³/mol. The molecule has 6 heteroatoms. The maximum absolute atomic E-state index is 11.4. The first-order valence-corrected chi connectivity index (χ1v) is 9.19. The highest BCUT2D eigenvalue weighted by Crippen LogP contribution is 2.24. The molecule has 1 fully saturated rings. The van der Waals surface area contributed by atoms with E-state index in [1.54, 1.807) is 11.3 Å². The van der Waals surface area contributed by atoms with Crippen molar-refractivity contribution in [2.24, 2.45) is 11.7 Å². The van der Waals surface area contributed by atoms with Gasteiger partial charge in [0.05, 0.1) is 11.6 Å². The summed E-state index contributed by atoms with van der Waals surface area (Å²) >= 11 is 1.61. The maximum atomic E-state index is 11.4. The summed E-state index contributed by atoms with van der Waals surface area (Å²) in [7, 11) is 0. The lowest BCUT2D eigenvalue weighted by molar-refractivity contribution is -0.123. The molecule has 1 saturated heterocycles. The van der Waals surface area contributed by atoms with Crippen LogP contribution in [0.25, 0.3) is 0 Å². The van der Waals surface area contributed by atoms with Gasteiger partial charge in [0.15, 0.2) is 5.13 Å². The predicted octanol–water partition coefficient (Wildman–Crippen LogP) is 3.20. The fourth-order valence-electron chi connectivity index (χ4n) is 3.04. The summed E-state index contributed by atoms with van der Waals surface area (Å²) in [5.74, 6) is -0.208. The van der Waals surface area contributed by atoms with Crippen molar-refractivity contribution in [3.05, 3.63) is 40.4 Å². The number of aromatic nitrogens is 1. The first kappa shape index (κ1) is 16.9. The van der Waals surface area contributed by atoms with Gasteiger partial charge in [0.1, 0.15) is 0 Å². The zero-order valence-electron chi connectivity index (χ0n) is 14.2. The minimum atomic E-state index is -0.185. The Morgan fingerprint density at radius 1 is 1.42 bits per heavy atom. The molecular formula is C18H24N4OS. The first-order chi connectivity index (χ1) is 11.5. The number of carbonyl (C=O) groups is 1. The highest BCUT2D eigenvalue weighted by molar-refractivity contribution is 7.13. The Bertz CT molecular complexity index is 728. The number of amides is 1. The normalized spacial score (nSPS) is 18.5. The Labute approximate surface area is 146 Å². The highest BCUT2D eigenvalue weighted by atomic mass is 32.1. The Kier molecular flexibility index (Phi) is 5.16. The van der Waals surface area contributed by atoms with Crippen LogP contribution in [0, 0.1) is 19.8 Å². The van der Waals surface area contributed by atoms with E-state index in [-0.39, 0.29) is 11.8 Å². The van der Waals surface area contributed by atoms with Crippen molar-refractivity contribution in [1.82, 2.24) is 9.88 Å². The van der Waals surface area contributed by atoms with Crippen LogP contribution in [0.1, 0.15) is 29.7 Å². The minimum Gasteiger partial charge on any atom is -0.369 e. The topological polar surface area (TPSA) is 71.2 Å². The molecule has 3 rings (SSSR count). The molecule has 0 saturated carbocycles. The van der Waals surface area contributed by atoms with Gasteiger partial charge >= 0.3 is 0 Å². The third kappa shape index (κ3) is 4.13. The average Bonchev–Trinajstić information content (AvgIpc) is 2.98. The van der Waals surface area contributed by atoms with Gasteiger partial charge in [-0.15, -0.1) is 11.3 Å². The minimum absolute atomic E-state index is 0.0227. The van der Waals surface area contributed by atoms with Crippen LogP contribution in [0.4, 0.5) is 10.8 Å². The lowest BCUT2D eigenvalue weighted by Crippen LogP contribution is -2.40. The van der Waals surface area contributed by atoms with Gasteiger partial charge < -0.3 is 11.1 Å². The molecule has 5 nitrogen and oxygen atoms in total. The van der Waals surface area contributed by atoms with Crippen molar-refractivity contribution in [2.75, 3.05) is 18.4 Å². The molecule has 24 heavy (non-hydrogen) atoms. The van der Waals surface area contributed by atoms with Crippen LogP contribution in [0.15, 0.2) is 23.6 Å². The molecule has 0 radical (unpaired) electrons. The summed E-state index contributed by atoms with van der Waals surface area (Å²) in [6.45, 7) is 6.74. The van der Waals surface area contributed by atoms with E-state index < -0.39 is 0 Å². The van der Waals surface area contributed by atoms with Gasteiger partial charge in [-0.05, 0) is 56.5 Å². The molecule has 1 aromatic heterocycles. The standard InChI is InChI=1S/C18H24N4OS/c1-12-5-6-15(8-13(12)2)20-18-21-16(11-24-18)10-22-7-3-4-14(9-22)17(19)23/h5-6,8,11,14H,3-4,7,9-10H2,1-2H3,(H2,19,23)(H,20,21)/t14-/m1/s1. The second-order valence-electron chi connectivity index (χ2n) is 6.54. The summed E-state index contributed by atoms with van der Waals surface area (Å²) in [6.07, 6.45) is 1.92. The van der Waals surface area contributed by atoms with Gasteiger partial charge in [0.2, 0.25) is 5.91 Å². The summed E-state index contributed by atoms with van der Waals surface area (Å²) in [6, 6.07) is 6.33. The Morgan fingerprint density at radius 3 is 3.00 bits per heavy atom. The Morgan fingerprint density at radius 2 is 2.25 bits per heavy atom. The van der Waals surface area contributed by atoms with E-state index in [2.05, 4.69) is 52.6 Å². The fraction of sp³-hybridized carbons (Fsp3) is 0.444. The second kappa shape index (κ2) is 7.32. The summed E-state index contributed by atoms with van der Waals surface area (Å²) in [5.41, 5.74) is 10.1. The van der Waals surface area contributed by atoms with Gasteiger partial charge in [-0.3, -0.25) is 9.69 Å². The number of piperidine rings is 1. The molecule has 0 aliphatic carbocycles. The Hall–Kier alpha value is -1.92. The van der Waals surface area contributed by atoms with Crippen LogP contribution in [0.2, 0.25) is 0 Å². The number of hydrogen-bond donors (Lipinski definition) is 2. The number of aryl methyl sites for hydroxylation is 2. The molecule has 1 amide bonds. The van der Waals surface area contributed by atoms with E-state index in [0.29, 0.717) is 0 Å². The highest BCUT2D eigenvalue weighted by Gasteiger charge is 2.24. The maximum Gasteiger partial charge on any atom is 0.221 e. The van der Waals surface area contributed by atoms with E-state index in [1.165, 1.54) is 11.1 Å². The Balaban J connectivity index is 1.61. The van der Waals surface area contributed by atoms with E-state index in [0.717, 1.165) is 49.0 Å². The summed E-state index contributed by atoms with van der Waals surface area (Å²) in [4.78, 5) is 18.3. The fourth-order valence-corrected chi connectivity index (χ4v) is 3.76. The first-order valence-electron chi connectivity index (χ1n) is 8.31. The lowest BCUT2D eigenvalue weighted by atomic mass is 9.97. The third-order valence-corrected chi connectivity index (χ3v) is 5.41. The molecule has 1 aliphatic rings. The molecule has 0 bridgehead atoms. The van der Waals surface area contributed by atoms with Crippen LogP contribution < -0.4 is 11.1 Å². The molecule has 3 N–H and O–H groups in total. The van der Waals surface area contributed by atoms with Crippen molar-refractivity contribution in [2.45, 2.75) is 33.2 Å². The average molecular weight is 344 g/mol. The van der Waals surface area contributed by atoms with Crippen molar-refractivity contribution in [3.63, 3.8) is 0 Å². The van der Waals surface area contributed by atoms with E-state index in [1.807, 2.05) is 0 Å². The number of benzene rings is 1. The van der Waals surface area contributed by atoms with Crippen molar-refractivity contribution in [1.29, 1.82) is 0 Å². The number of hydrogen-bond acceptors (Lipinski definition) is 5. The molecule has 0 unspecified atom stereocenters. The molecule has 128 valence electrons. The number of carbonyl (C=O) groups excluding carboxylic acids is 1. The zero-order chi connectivity index (χ0) is 17.1. The molecule has 0 spiro atoms. The number of thiazole rings is 1. The van der Waals surface area contributed by atoms with Crippen LogP contribution in [0.3, 0.4) is 0 Å². The molecule has 2 heterocycles. The molecule has 1 aromatic carbocycles. The van der Waals surface area contributed by atoms with Crippen LogP contribution in [-0.2, 0) is 11.3 Å².